The number of nitrogen functional groups attached to an aromatic ring is 1. The van der Waals surface area contributed by atoms with Gasteiger partial charge in [0.2, 0.25) is 0 Å². The molecule has 4 nitrogen and oxygen atoms in total. The third kappa shape index (κ3) is 3.49. The second-order valence-corrected chi connectivity index (χ2v) is 4.71. The van der Waals surface area contributed by atoms with E-state index in [2.05, 4.69) is 31.2 Å². The van der Waals surface area contributed by atoms with Crippen LogP contribution < -0.4 is 11.1 Å². The molecular formula is C12H15BrN4. The summed E-state index contributed by atoms with van der Waals surface area (Å²) in [6, 6.07) is 5.85. The second kappa shape index (κ2) is 5.72. The Kier molecular flexibility index (Phi) is 4.03. The van der Waals surface area contributed by atoms with Gasteiger partial charge < -0.3 is 16.0 Å². The molecule has 1 heterocycles. The fourth-order valence-electron chi connectivity index (χ4n) is 1.61. The first-order chi connectivity index (χ1) is 8.25. The van der Waals surface area contributed by atoms with Gasteiger partial charge in [0.1, 0.15) is 5.82 Å². The van der Waals surface area contributed by atoms with Crippen LogP contribution in [-0.2, 0) is 6.42 Å². The van der Waals surface area contributed by atoms with E-state index in [0.29, 0.717) is 0 Å². The quantitative estimate of drug-likeness (QED) is 0.587. The van der Waals surface area contributed by atoms with Crippen LogP contribution in [0.5, 0.6) is 0 Å². The zero-order valence-electron chi connectivity index (χ0n) is 9.41. The molecule has 0 aliphatic carbocycles. The van der Waals surface area contributed by atoms with E-state index < -0.39 is 0 Å². The van der Waals surface area contributed by atoms with Gasteiger partial charge in [-0.1, -0.05) is 15.9 Å². The van der Waals surface area contributed by atoms with E-state index in [4.69, 9.17) is 5.73 Å². The number of benzene rings is 1. The zero-order chi connectivity index (χ0) is 12.1. The Hall–Kier alpha value is -1.49. The Morgan fingerprint density at radius 3 is 3.00 bits per heavy atom. The number of nitrogens with two attached hydrogens (primary N) is 1. The number of hydrogen-bond donors (Lipinski definition) is 3. The molecule has 1 aromatic carbocycles. The summed E-state index contributed by atoms with van der Waals surface area (Å²) in [4.78, 5) is 7.26. The summed E-state index contributed by atoms with van der Waals surface area (Å²) < 4.78 is 0.996. The van der Waals surface area contributed by atoms with Gasteiger partial charge in [0.15, 0.2) is 0 Å². The Morgan fingerprint density at radius 2 is 2.29 bits per heavy atom. The van der Waals surface area contributed by atoms with Crippen molar-refractivity contribution in [3.63, 3.8) is 0 Å². The average molecular weight is 295 g/mol. The van der Waals surface area contributed by atoms with Crippen LogP contribution in [0.15, 0.2) is 35.1 Å². The molecule has 0 bridgehead atoms. The molecule has 5 heteroatoms. The monoisotopic (exact) mass is 294 g/mol. The Morgan fingerprint density at radius 1 is 1.41 bits per heavy atom. The highest BCUT2D eigenvalue weighted by atomic mass is 79.9. The summed E-state index contributed by atoms with van der Waals surface area (Å²) in [6.45, 7) is 0.881. The summed E-state index contributed by atoms with van der Waals surface area (Å²) in [6.07, 6.45) is 5.57. The first kappa shape index (κ1) is 12.0. The van der Waals surface area contributed by atoms with Gasteiger partial charge in [0, 0.05) is 29.8 Å². The lowest BCUT2D eigenvalue weighted by Gasteiger charge is -2.08. The van der Waals surface area contributed by atoms with Gasteiger partial charge >= 0.3 is 0 Å². The molecule has 17 heavy (non-hydrogen) atoms. The van der Waals surface area contributed by atoms with Crippen LogP contribution in [-0.4, -0.2) is 16.5 Å². The lowest BCUT2D eigenvalue weighted by molar-refractivity contribution is 0.816. The minimum absolute atomic E-state index is 0.761. The van der Waals surface area contributed by atoms with Crippen LogP contribution in [0, 0.1) is 0 Å². The molecule has 90 valence electrons. The maximum absolute atomic E-state index is 5.89. The number of halogens is 1. The molecule has 4 N–H and O–H groups in total. The third-order valence-electron chi connectivity index (χ3n) is 2.47. The molecular weight excluding hydrogens is 280 g/mol. The van der Waals surface area contributed by atoms with E-state index in [1.165, 1.54) is 0 Å². The van der Waals surface area contributed by atoms with Crippen molar-refractivity contribution in [2.75, 3.05) is 17.6 Å². The zero-order valence-corrected chi connectivity index (χ0v) is 11.0. The molecule has 2 rings (SSSR count). The van der Waals surface area contributed by atoms with Crippen molar-refractivity contribution < 1.29 is 0 Å². The van der Waals surface area contributed by atoms with Gasteiger partial charge in [0.05, 0.1) is 11.4 Å². The standard InChI is InChI=1S/C12H15BrN4/c13-9-3-4-11(10(14)8-9)15-5-1-2-12-16-6-7-17-12/h3-4,6-8,15H,1-2,5,14H2,(H,16,17). The summed E-state index contributed by atoms with van der Waals surface area (Å²) in [7, 11) is 0. The van der Waals surface area contributed by atoms with E-state index in [9.17, 15) is 0 Å². The fraction of sp³-hybridized carbons (Fsp3) is 0.250. The number of aromatic amines is 1. The SMILES string of the molecule is Nc1cc(Br)ccc1NCCCc1ncc[nH]1. The van der Waals surface area contributed by atoms with Gasteiger partial charge in [-0.05, 0) is 24.6 Å². The Bertz CT molecular complexity index is 467. The van der Waals surface area contributed by atoms with Crippen molar-refractivity contribution in [1.82, 2.24) is 9.97 Å². The largest absolute Gasteiger partial charge is 0.397 e. The van der Waals surface area contributed by atoms with Crippen LogP contribution in [0.4, 0.5) is 11.4 Å². The third-order valence-corrected chi connectivity index (χ3v) is 2.97. The summed E-state index contributed by atoms with van der Waals surface area (Å²) in [5, 5.41) is 3.32. The number of rotatable bonds is 5. The van der Waals surface area contributed by atoms with Crippen molar-refractivity contribution >= 4 is 27.3 Å². The number of aromatic nitrogens is 2. The number of imidazole rings is 1. The molecule has 0 aliphatic heterocycles. The lowest BCUT2D eigenvalue weighted by Crippen LogP contribution is -2.05. The van der Waals surface area contributed by atoms with Crippen molar-refractivity contribution in [2.45, 2.75) is 12.8 Å². The highest BCUT2D eigenvalue weighted by Gasteiger charge is 1.99. The smallest absolute Gasteiger partial charge is 0.106 e. The average Bonchev–Trinajstić information content (AvgIpc) is 2.79. The van der Waals surface area contributed by atoms with Crippen molar-refractivity contribution in [3.8, 4) is 0 Å². The minimum Gasteiger partial charge on any atom is -0.397 e. The summed E-state index contributed by atoms with van der Waals surface area (Å²) >= 11 is 3.38. The van der Waals surface area contributed by atoms with Gasteiger partial charge in [-0.3, -0.25) is 0 Å². The summed E-state index contributed by atoms with van der Waals surface area (Å²) in [5.41, 5.74) is 7.63. The Balaban J connectivity index is 1.78. The predicted octanol–water partition coefficient (Wildman–Crippen LogP) is 2.80. The van der Waals surface area contributed by atoms with Crippen molar-refractivity contribution in [2.24, 2.45) is 0 Å². The van der Waals surface area contributed by atoms with E-state index in [1.807, 2.05) is 24.4 Å². The Labute approximate surface area is 109 Å². The van der Waals surface area contributed by atoms with Gasteiger partial charge in [0.25, 0.3) is 0 Å². The second-order valence-electron chi connectivity index (χ2n) is 3.80. The molecule has 0 spiro atoms. The number of anilines is 2. The maximum atomic E-state index is 5.89. The van der Waals surface area contributed by atoms with Gasteiger partial charge in [-0.2, -0.15) is 0 Å². The lowest BCUT2D eigenvalue weighted by atomic mass is 10.2. The van der Waals surface area contributed by atoms with Crippen LogP contribution in [0.3, 0.4) is 0 Å². The van der Waals surface area contributed by atoms with Crippen molar-refractivity contribution in [1.29, 1.82) is 0 Å². The summed E-state index contributed by atoms with van der Waals surface area (Å²) in [5.74, 6) is 1.02. The highest BCUT2D eigenvalue weighted by molar-refractivity contribution is 9.10. The van der Waals surface area contributed by atoms with E-state index in [1.54, 1.807) is 6.20 Å². The molecule has 0 atom stereocenters. The molecule has 0 fully saturated rings. The van der Waals surface area contributed by atoms with Crippen molar-refractivity contribution in [3.05, 3.63) is 40.9 Å². The molecule has 0 radical (unpaired) electrons. The van der Waals surface area contributed by atoms with E-state index in [-0.39, 0.29) is 0 Å². The number of aryl methyl sites for hydroxylation is 1. The number of hydrogen-bond acceptors (Lipinski definition) is 3. The first-order valence-corrected chi connectivity index (χ1v) is 6.32. The first-order valence-electron chi connectivity index (χ1n) is 5.53. The molecule has 0 amide bonds. The van der Waals surface area contributed by atoms with Gasteiger partial charge in [-0.15, -0.1) is 0 Å². The van der Waals surface area contributed by atoms with Crippen LogP contribution in [0.25, 0.3) is 0 Å². The molecule has 0 aliphatic rings. The number of nitrogens with one attached hydrogen (secondary N) is 2. The molecule has 0 saturated carbocycles. The van der Waals surface area contributed by atoms with Gasteiger partial charge in [-0.25, -0.2) is 4.98 Å². The van der Waals surface area contributed by atoms with Crippen LogP contribution in [0.2, 0.25) is 0 Å². The number of H-pyrrole nitrogens is 1. The minimum atomic E-state index is 0.761. The maximum Gasteiger partial charge on any atom is 0.106 e. The molecule has 0 unspecified atom stereocenters. The van der Waals surface area contributed by atoms with Crippen LogP contribution >= 0.6 is 15.9 Å². The predicted molar refractivity (Wildman–Crippen MR) is 74.0 cm³/mol. The highest BCUT2D eigenvalue weighted by Crippen LogP contribution is 2.22. The van der Waals surface area contributed by atoms with E-state index >= 15 is 0 Å². The fourth-order valence-corrected chi connectivity index (χ4v) is 1.99. The van der Waals surface area contributed by atoms with Crippen LogP contribution in [0.1, 0.15) is 12.2 Å². The topological polar surface area (TPSA) is 66.7 Å². The van der Waals surface area contributed by atoms with E-state index in [0.717, 1.165) is 41.1 Å². The molecule has 0 saturated heterocycles. The molecule has 2 aromatic rings. The normalized spacial score (nSPS) is 10.4. The number of nitrogens with zero attached hydrogens (tertiary/aromatic N) is 1. The molecule has 1 aromatic heterocycles.